The van der Waals surface area contributed by atoms with Gasteiger partial charge in [0.2, 0.25) is 0 Å². The van der Waals surface area contributed by atoms with Crippen molar-refractivity contribution >= 4 is 21.6 Å². The van der Waals surface area contributed by atoms with Gasteiger partial charge in [0.1, 0.15) is 10.7 Å². The molecule has 6 nitrogen and oxygen atoms in total. The average Bonchev–Trinajstić information content (AvgIpc) is 3.05. The molecule has 120 valence electrons. The van der Waals surface area contributed by atoms with E-state index in [1.54, 1.807) is 11.3 Å². The minimum absolute atomic E-state index is 0.0468. The number of aromatic amines is 1. The maximum absolute atomic E-state index is 12.4. The van der Waals surface area contributed by atoms with Gasteiger partial charge < -0.3 is 15.2 Å². The molecule has 2 aromatic heterocycles. The number of fused-ring (bicyclic) bond motifs is 3. The predicted octanol–water partition coefficient (Wildman–Crippen LogP) is 0.650. The zero-order valence-corrected chi connectivity index (χ0v) is 13.3. The Morgan fingerprint density at radius 1 is 1.23 bits per heavy atom. The standard InChI is InChI=1S/C15H21N3O3S/c19-7-2-5-18(6-8-20)9-12-16-14(21)13-10-3-1-4-11(10)22-15(13)17-12/h19-20H,1-9H2,(H,16,17,21). The molecular formula is C15H21N3O3S. The number of rotatable bonds is 7. The molecule has 3 N–H and O–H groups in total. The van der Waals surface area contributed by atoms with Gasteiger partial charge in [-0.1, -0.05) is 0 Å². The van der Waals surface area contributed by atoms with E-state index in [2.05, 4.69) is 9.97 Å². The van der Waals surface area contributed by atoms with Gasteiger partial charge in [-0.3, -0.25) is 9.69 Å². The molecule has 0 radical (unpaired) electrons. The van der Waals surface area contributed by atoms with E-state index >= 15 is 0 Å². The second kappa shape index (κ2) is 6.87. The van der Waals surface area contributed by atoms with E-state index in [0.717, 1.165) is 29.5 Å². The van der Waals surface area contributed by atoms with Crippen LogP contribution in [0.15, 0.2) is 4.79 Å². The summed E-state index contributed by atoms with van der Waals surface area (Å²) in [5.74, 6) is 0.629. The Labute approximate surface area is 132 Å². The van der Waals surface area contributed by atoms with Gasteiger partial charge in [0, 0.05) is 24.6 Å². The van der Waals surface area contributed by atoms with Crippen LogP contribution < -0.4 is 5.56 Å². The van der Waals surface area contributed by atoms with Gasteiger partial charge in [0.25, 0.3) is 5.56 Å². The third-order valence-corrected chi connectivity index (χ3v) is 5.23. The number of H-pyrrole nitrogens is 1. The third-order valence-electron chi connectivity index (χ3n) is 4.05. The fourth-order valence-corrected chi connectivity index (χ4v) is 4.32. The Morgan fingerprint density at radius 2 is 2.09 bits per heavy atom. The van der Waals surface area contributed by atoms with Crippen LogP contribution in [0.1, 0.15) is 29.1 Å². The Morgan fingerprint density at radius 3 is 2.86 bits per heavy atom. The topological polar surface area (TPSA) is 89.5 Å². The van der Waals surface area contributed by atoms with Crippen molar-refractivity contribution in [3.8, 4) is 0 Å². The van der Waals surface area contributed by atoms with Crippen molar-refractivity contribution < 1.29 is 10.2 Å². The van der Waals surface area contributed by atoms with Gasteiger partial charge in [0.15, 0.2) is 0 Å². The highest BCUT2D eigenvalue weighted by Gasteiger charge is 2.21. The molecule has 0 aromatic carbocycles. The molecule has 0 amide bonds. The summed E-state index contributed by atoms with van der Waals surface area (Å²) in [6.45, 7) is 1.81. The van der Waals surface area contributed by atoms with Crippen LogP contribution in [0.2, 0.25) is 0 Å². The van der Waals surface area contributed by atoms with Gasteiger partial charge >= 0.3 is 0 Å². The van der Waals surface area contributed by atoms with Crippen molar-refractivity contribution in [1.29, 1.82) is 0 Å². The number of aryl methyl sites for hydroxylation is 2. The summed E-state index contributed by atoms with van der Waals surface area (Å²) in [5.41, 5.74) is 1.14. The van der Waals surface area contributed by atoms with Crippen LogP contribution >= 0.6 is 11.3 Å². The fraction of sp³-hybridized carbons (Fsp3) is 0.600. The van der Waals surface area contributed by atoms with Crippen molar-refractivity contribution in [1.82, 2.24) is 14.9 Å². The van der Waals surface area contributed by atoms with Crippen LogP contribution in [-0.2, 0) is 19.4 Å². The molecule has 1 aliphatic carbocycles. The normalized spacial score (nSPS) is 14.1. The Balaban J connectivity index is 1.86. The highest BCUT2D eigenvalue weighted by molar-refractivity contribution is 7.18. The van der Waals surface area contributed by atoms with Crippen molar-refractivity contribution in [3.63, 3.8) is 0 Å². The van der Waals surface area contributed by atoms with E-state index in [1.807, 2.05) is 4.90 Å². The molecule has 0 unspecified atom stereocenters. The molecule has 2 aromatic rings. The van der Waals surface area contributed by atoms with Crippen molar-refractivity contribution in [2.24, 2.45) is 0 Å². The molecule has 0 aliphatic heterocycles. The minimum atomic E-state index is -0.0505. The first-order chi connectivity index (χ1) is 10.7. The lowest BCUT2D eigenvalue weighted by molar-refractivity contribution is 0.171. The summed E-state index contributed by atoms with van der Waals surface area (Å²) in [6, 6.07) is 0. The second-order valence-electron chi connectivity index (χ2n) is 5.63. The maximum atomic E-state index is 12.4. The average molecular weight is 323 g/mol. The first-order valence-electron chi connectivity index (χ1n) is 7.70. The molecule has 2 heterocycles. The number of nitrogens with one attached hydrogen (secondary N) is 1. The fourth-order valence-electron chi connectivity index (χ4n) is 3.04. The van der Waals surface area contributed by atoms with Gasteiger partial charge in [-0.25, -0.2) is 4.98 Å². The van der Waals surface area contributed by atoms with Crippen LogP contribution in [-0.4, -0.2) is 51.4 Å². The molecule has 0 spiro atoms. The van der Waals surface area contributed by atoms with Crippen LogP contribution in [0.4, 0.5) is 0 Å². The van der Waals surface area contributed by atoms with Crippen molar-refractivity contribution in [2.75, 3.05) is 26.3 Å². The third kappa shape index (κ3) is 3.08. The van der Waals surface area contributed by atoms with Crippen molar-refractivity contribution in [2.45, 2.75) is 32.2 Å². The molecule has 0 bridgehead atoms. The SMILES string of the molecule is O=c1[nH]c(CN(CCO)CCCO)nc2sc3c(c12)CCC3. The Bertz CT molecular complexity index is 710. The van der Waals surface area contributed by atoms with Gasteiger partial charge in [-0.15, -0.1) is 11.3 Å². The lowest BCUT2D eigenvalue weighted by atomic mass is 10.2. The summed E-state index contributed by atoms with van der Waals surface area (Å²) < 4.78 is 0. The lowest BCUT2D eigenvalue weighted by Gasteiger charge is -2.20. The first-order valence-corrected chi connectivity index (χ1v) is 8.52. The van der Waals surface area contributed by atoms with E-state index in [1.165, 1.54) is 10.4 Å². The van der Waals surface area contributed by atoms with Crippen LogP contribution in [0, 0.1) is 0 Å². The number of aliphatic hydroxyl groups excluding tert-OH is 2. The number of aliphatic hydroxyl groups is 2. The molecule has 1 aliphatic rings. The molecule has 3 rings (SSSR count). The smallest absolute Gasteiger partial charge is 0.259 e. The van der Waals surface area contributed by atoms with E-state index in [4.69, 9.17) is 10.2 Å². The van der Waals surface area contributed by atoms with Crippen LogP contribution in [0.25, 0.3) is 10.2 Å². The predicted molar refractivity (Wildman–Crippen MR) is 86.3 cm³/mol. The zero-order chi connectivity index (χ0) is 15.5. The Kier molecular flexibility index (Phi) is 4.87. The molecule has 0 saturated carbocycles. The van der Waals surface area contributed by atoms with E-state index in [-0.39, 0.29) is 18.8 Å². The highest BCUT2D eigenvalue weighted by atomic mass is 32.1. The molecule has 0 saturated heterocycles. The van der Waals surface area contributed by atoms with E-state index in [0.29, 0.717) is 31.9 Å². The molecule has 22 heavy (non-hydrogen) atoms. The zero-order valence-electron chi connectivity index (χ0n) is 12.5. The van der Waals surface area contributed by atoms with Gasteiger partial charge in [-0.05, 0) is 31.2 Å². The highest BCUT2D eigenvalue weighted by Crippen LogP contribution is 2.34. The molecular weight excluding hydrogens is 302 g/mol. The summed E-state index contributed by atoms with van der Waals surface area (Å²) >= 11 is 1.63. The molecule has 7 heteroatoms. The number of nitrogens with zero attached hydrogens (tertiary/aromatic N) is 2. The van der Waals surface area contributed by atoms with Crippen LogP contribution in [0.3, 0.4) is 0 Å². The van der Waals surface area contributed by atoms with Gasteiger partial charge in [0.05, 0.1) is 18.5 Å². The monoisotopic (exact) mass is 323 g/mol. The largest absolute Gasteiger partial charge is 0.396 e. The number of hydrogen-bond acceptors (Lipinski definition) is 6. The van der Waals surface area contributed by atoms with E-state index < -0.39 is 0 Å². The second-order valence-corrected chi connectivity index (χ2v) is 6.71. The maximum Gasteiger partial charge on any atom is 0.259 e. The van der Waals surface area contributed by atoms with E-state index in [9.17, 15) is 4.79 Å². The van der Waals surface area contributed by atoms with Crippen molar-refractivity contribution in [3.05, 3.63) is 26.6 Å². The lowest BCUT2D eigenvalue weighted by Crippen LogP contribution is -2.30. The Hall–Kier alpha value is -1.28. The van der Waals surface area contributed by atoms with Gasteiger partial charge in [-0.2, -0.15) is 0 Å². The summed E-state index contributed by atoms with van der Waals surface area (Å²) in [4.78, 5) is 24.0. The molecule has 0 fully saturated rings. The molecule has 0 atom stereocenters. The summed E-state index contributed by atoms with van der Waals surface area (Å²) in [6.07, 6.45) is 3.80. The summed E-state index contributed by atoms with van der Waals surface area (Å²) in [7, 11) is 0. The minimum Gasteiger partial charge on any atom is -0.396 e. The first kappa shape index (κ1) is 15.6. The summed E-state index contributed by atoms with van der Waals surface area (Å²) in [5, 5.41) is 18.8. The quantitative estimate of drug-likeness (QED) is 0.696. The number of aromatic nitrogens is 2. The number of hydrogen-bond donors (Lipinski definition) is 3. The number of thiophene rings is 1. The van der Waals surface area contributed by atoms with Crippen LogP contribution in [0.5, 0.6) is 0 Å².